The first-order valence-corrected chi connectivity index (χ1v) is 11.6. The van der Waals surface area contributed by atoms with Crippen molar-refractivity contribution in [1.29, 1.82) is 0 Å². The Morgan fingerprint density at radius 3 is 1.30 bits per heavy atom. The second-order valence-electron chi connectivity index (χ2n) is 7.74. The molecule has 0 heterocycles. The van der Waals surface area contributed by atoms with Gasteiger partial charge in [-0.15, -0.1) is 0 Å². The van der Waals surface area contributed by atoms with E-state index in [4.69, 9.17) is 25.5 Å². The van der Waals surface area contributed by atoms with Crippen molar-refractivity contribution in [3.8, 4) is 22.6 Å². The number of para-hydroxylation sites is 2. The van der Waals surface area contributed by atoms with Gasteiger partial charge in [-0.3, -0.25) is 0 Å². The number of rotatable bonds is 2. The van der Waals surface area contributed by atoms with Crippen LogP contribution in [0.4, 0.5) is 0 Å². The maximum Gasteiger partial charge on any atom is 0.327 e. The third-order valence-electron chi connectivity index (χ3n) is 4.66. The largest absolute Gasteiger partial charge is 0.508 e. The Labute approximate surface area is 218 Å². The fraction of sp³-hybridized carbons (Fsp3) is 0.129. The second-order valence-corrected chi connectivity index (χ2v) is 7.74. The zero-order valence-electron chi connectivity index (χ0n) is 20.8. The first-order chi connectivity index (χ1) is 17.8. The van der Waals surface area contributed by atoms with Crippen LogP contribution >= 0.6 is 0 Å². The quantitative estimate of drug-likeness (QED) is 0.199. The number of fused-ring (bicyclic) bond motifs is 3. The summed E-state index contributed by atoms with van der Waals surface area (Å²) in [6.45, 7) is 4.35. The Kier molecular flexibility index (Phi) is 14.9. The predicted molar refractivity (Wildman–Crippen MR) is 147 cm³/mol. The third kappa shape index (κ3) is 13.3. The summed E-state index contributed by atoms with van der Waals surface area (Å²) in [5.74, 6) is -0.338. The van der Waals surface area contributed by atoms with Crippen molar-refractivity contribution in [2.75, 3.05) is 6.61 Å². The van der Waals surface area contributed by atoms with E-state index in [0.717, 1.165) is 12.5 Å². The van der Waals surface area contributed by atoms with Crippen LogP contribution in [0.5, 0.6) is 11.5 Å². The maximum atomic E-state index is 9.25. The van der Waals surface area contributed by atoms with Gasteiger partial charge in [-0.2, -0.15) is 0 Å². The van der Waals surface area contributed by atoms with E-state index in [1.807, 2.05) is 12.1 Å². The number of aromatic hydroxyl groups is 2. The van der Waals surface area contributed by atoms with Crippen LogP contribution in [0.1, 0.15) is 18.1 Å². The van der Waals surface area contributed by atoms with Gasteiger partial charge in [0.1, 0.15) is 11.5 Å². The fourth-order valence-corrected chi connectivity index (χ4v) is 2.94. The van der Waals surface area contributed by atoms with E-state index in [9.17, 15) is 4.79 Å². The zero-order valence-corrected chi connectivity index (χ0v) is 20.8. The number of carbonyl (C=O) groups is 1. The van der Waals surface area contributed by atoms with Gasteiger partial charge >= 0.3 is 5.97 Å². The highest BCUT2D eigenvalue weighted by Crippen LogP contribution is 2.35. The number of carboxylic acid groups (broad SMARTS) is 1. The highest BCUT2D eigenvalue weighted by atomic mass is 16.4. The summed E-state index contributed by atoms with van der Waals surface area (Å²) in [6.07, 6.45) is 1.38. The summed E-state index contributed by atoms with van der Waals surface area (Å²) in [4.78, 5) is 9.25. The molecule has 4 aromatic rings. The number of aliphatic hydroxyl groups is 2. The van der Waals surface area contributed by atoms with Gasteiger partial charge in [-0.25, -0.2) is 4.79 Å². The van der Waals surface area contributed by atoms with E-state index in [2.05, 4.69) is 55.1 Å². The minimum Gasteiger partial charge on any atom is -0.508 e. The molecule has 5 rings (SSSR count). The maximum absolute atomic E-state index is 9.25. The van der Waals surface area contributed by atoms with Gasteiger partial charge in [0.25, 0.3) is 0 Å². The van der Waals surface area contributed by atoms with E-state index in [-0.39, 0.29) is 6.61 Å². The molecule has 0 spiro atoms. The van der Waals surface area contributed by atoms with Crippen molar-refractivity contribution >= 4 is 5.97 Å². The normalized spacial score (nSPS) is 10.5. The Bertz CT molecular complexity index is 1090. The van der Waals surface area contributed by atoms with E-state index in [0.29, 0.717) is 11.5 Å². The summed E-state index contributed by atoms with van der Waals surface area (Å²) in [5, 5.41) is 40.9. The van der Waals surface area contributed by atoms with Crippen molar-refractivity contribution < 1.29 is 30.3 Å². The average Bonchev–Trinajstić information content (AvgIpc) is 3.30. The summed E-state index contributed by atoms with van der Waals surface area (Å²) >= 11 is 0. The summed E-state index contributed by atoms with van der Waals surface area (Å²) in [5.41, 5.74) is 5.75. The zero-order chi connectivity index (χ0) is 27.5. The number of benzene rings is 4. The first kappa shape index (κ1) is 30.6. The predicted octanol–water partition coefficient (Wildman–Crippen LogP) is 5.66. The summed E-state index contributed by atoms with van der Waals surface area (Å²) in [7, 11) is 0. The van der Waals surface area contributed by atoms with Crippen LogP contribution < -0.4 is 0 Å². The second kappa shape index (κ2) is 18.0. The number of hydrogen-bond donors (Lipinski definition) is 5. The standard InChI is InChI=1S/C13H10.2C6H6O.C3H8O2.C3H4O2/c1-3-7-12-10(5-1)9-11-6-2-4-8-13(11)12;2*7-6-4-2-1-3-5-6;1-3(5)2-4;1-2-3(4)5/h1-8H,9H2;2*1-5,7H;3-5H,2H2,1H3;2H,1H2,(H,4,5). The Morgan fingerprint density at radius 2 is 1.05 bits per heavy atom. The molecule has 0 fully saturated rings. The minimum absolute atomic E-state index is 0.139. The molecule has 0 bridgehead atoms. The van der Waals surface area contributed by atoms with Crippen LogP contribution in [0.15, 0.2) is 122 Å². The lowest BCUT2D eigenvalue weighted by molar-refractivity contribution is -0.131. The molecule has 1 unspecified atom stereocenters. The smallest absolute Gasteiger partial charge is 0.327 e. The van der Waals surface area contributed by atoms with E-state index in [1.165, 1.54) is 29.2 Å². The lowest BCUT2D eigenvalue weighted by Gasteiger charge is -1.98. The van der Waals surface area contributed by atoms with Crippen LogP contribution in [-0.2, 0) is 11.2 Å². The number of aliphatic carboxylic acids is 1. The van der Waals surface area contributed by atoms with Crippen molar-refractivity contribution in [3.63, 3.8) is 0 Å². The van der Waals surface area contributed by atoms with Gasteiger partial charge in [-0.05, 0) is 59.9 Å². The molecule has 0 radical (unpaired) electrons. The Hall–Kier alpha value is -4.39. The van der Waals surface area contributed by atoms with Gasteiger partial charge in [0, 0.05) is 6.08 Å². The Balaban J connectivity index is 0.000000248. The lowest BCUT2D eigenvalue weighted by Crippen LogP contribution is -2.03. The fourth-order valence-electron chi connectivity index (χ4n) is 2.94. The van der Waals surface area contributed by atoms with Crippen LogP contribution in [0.25, 0.3) is 11.1 Å². The number of phenolic OH excluding ortho intramolecular Hbond substituents is 2. The van der Waals surface area contributed by atoms with Gasteiger partial charge in [-0.1, -0.05) is 91.5 Å². The monoisotopic (exact) mass is 502 g/mol. The van der Waals surface area contributed by atoms with E-state index >= 15 is 0 Å². The van der Waals surface area contributed by atoms with Crippen LogP contribution in [0.3, 0.4) is 0 Å². The molecule has 1 aliphatic rings. The van der Waals surface area contributed by atoms with Crippen LogP contribution in [-0.4, -0.2) is 44.2 Å². The molecule has 1 atom stereocenters. The van der Waals surface area contributed by atoms with Crippen molar-refractivity contribution in [2.24, 2.45) is 0 Å². The number of phenols is 2. The highest BCUT2D eigenvalue weighted by molar-refractivity contribution is 5.78. The molecule has 6 nitrogen and oxygen atoms in total. The van der Waals surface area contributed by atoms with E-state index in [1.54, 1.807) is 48.5 Å². The topological polar surface area (TPSA) is 118 Å². The number of carboxylic acids is 1. The average molecular weight is 503 g/mol. The van der Waals surface area contributed by atoms with Gasteiger partial charge in [0.2, 0.25) is 0 Å². The molecule has 6 heteroatoms. The third-order valence-corrected chi connectivity index (χ3v) is 4.66. The van der Waals surface area contributed by atoms with Gasteiger partial charge < -0.3 is 25.5 Å². The number of hydrogen-bond acceptors (Lipinski definition) is 5. The highest BCUT2D eigenvalue weighted by Gasteiger charge is 2.15. The van der Waals surface area contributed by atoms with Gasteiger partial charge in [0.15, 0.2) is 0 Å². The van der Waals surface area contributed by atoms with Crippen LogP contribution in [0.2, 0.25) is 0 Å². The Morgan fingerprint density at radius 1 is 0.757 bits per heavy atom. The minimum atomic E-state index is -0.981. The lowest BCUT2D eigenvalue weighted by atomic mass is 10.1. The summed E-state index contributed by atoms with van der Waals surface area (Å²) in [6, 6.07) is 34.7. The first-order valence-electron chi connectivity index (χ1n) is 11.6. The molecule has 5 N–H and O–H groups in total. The molecule has 0 saturated heterocycles. The van der Waals surface area contributed by atoms with Crippen molar-refractivity contribution in [3.05, 3.63) is 133 Å². The molecule has 0 amide bonds. The molecular weight excluding hydrogens is 468 g/mol. The molecule has 1 aliphatic carbocycles. The molecule has 4 aromatic carbocycles. The molecule has 0 aromatic heterocycles. The van der Waals surface area contributed by atoms with Crippen molar-refractivity contribution in [1.82, 2.24) is 0 Å². The van der Waals surface area contributed by atoms with Crippen molar-refractivity contribution in [2.45, 2.75) is 19.4 Å². The van der Waals surface area contributed by atoms with E-state index < -0.39 is 12.1 Å². The molecule has 0 aliphatic heterocycles. The van der Waals surface area contributed by atoms with Gasteiger partial charge in [0.05, 0.1) is 12.7 Å². The molecule has 194 valence electrons. The summed E-state index contributed by atoms with van der Waals surface area (Å²) < 4.78 is 0. The number of aliphatic hydroxyl groups excluding tert-OH is 2. The molecular formula is C31H34O6. The molecule has 37 heavy (non-hydrogen) atoms. The molecule has 0 saturated carbocycles. The SMILES string of the molecule is C=CC(=O)O.CC(O)CO.Oc1ccccc1.Oc1ccccc1.c1ccc2c(c1)Cc1ccccc1-2. The van der Waals surface area contributed by atoms with Crippen LogP contribution in [0, 0.1) is 0 Å².